The first-order valence-electron chi connectivity index (χ1n) is 9.92. The molecular formula is C23H29ClN2O2. The van der Waals surface area contributed by atoms with Crippen LogP contribution in [0, 0.1) is 5.92 Å². The zero-order chi connectivity index (χ0) is 19.9. The molecule has 0 bridgehead atoms. The molecule has 1 N–H and O–H groups in total. The number of carbonyl (C=O) groups is 1. The van der Waals surface area contributed by atoms with Crippen LogP contribution in [0.5, 0.6) is 5.75 Å². The molecule has 0 radical (unpaired) electrons. The monoisotopic (exact) mass is 400 g/mol. The average molecular weight is 401 g/mol. The van der Waals surface area contributed by atoms with Crippen LogP contribution >= 0.6 is 11.6 Å². The molecule has 4 nitrogen and oxygen atoms in total. The van der Waals surface area contributed by atoms with Gasteiger partial charge < -0.3 is 15.0 Å². The second-order valence-electron chi connectivity index (χ2n) is 7.74. The van der Waals surface area contributed by atoms with Crippen molar-refractivity contribution in [2.24, 2.45) is 5.92 Å². The number of rotatable bonds is 7. The summed E-state index contributed by atoms with van der Waals surface area (Å²) in [5.41, 5.74) is 1.37. The summed E-state index contributed by atoms with van der Waals surface area (Å²) in [4.78, 5) is 14.5. The summed E-state index contributed by atoms with van der Waals surface area (Å²) in [7, 11) is 4.30. The standard InChI is InChI=1S/C23H29ClN2O2/c1-26(2)23(17-6-4-3-5-7-17)18-8-12-20(13-9-18)25-22(27)16-28-21-14-10-19(24)11-15-21/h3-7,10-11,14-15,18,20,23H,8-9,12-13,16H2,1-2H3,(H,25,27). The van der Waals surface area contributed by atoms with Crippen LogP contribution in [0.2, 0.25) is 5.02 Å². The molecule has 1 aliphatic carbocycles. The topological polar surface area (TPSA) is 41.6 Å². The smallest absolute Gasteiger partial charge is 0.258 e. The molecule has 0 aliphatic heterocycles. The van der Waals surface area contributed by atoms with Crippen molar-refractivity contribution in [3.63, 3.8) is 0 Å². The Morgan fingerprint density at radius 3 is 2.32 bits per heavy atom. The van der Waals surface area contributed by atoms with Crippen molar-refractivity contribution in [2.45, 2.75) is 37.8 Å². The molecule has 5 heteroatoms. The summed E-state index contributed by atoms with van der Waals surface area (Å²) in [6, 6.07) is 18.4. The van der Waals surface area contributed by atoms with Gasteiger partial charge in [-0.05, 0) is 75.5 Å². The molecule has 1 atom stereocenters. The van der Waals surface area contributed by atoms with Gasteiger partial charge in [-0.25, -0.2) is 0 Å². The predicted molar refractivity (Wildman–Crippen MR) is 114 cm³/mol. The fourth-order valence-electron chi connectivity index (χ4n) is 4.17. The highest BCUT2D eigenvalue weighted by molar-refractivity contribution is 6.30. The van der Waals surface area contributed by atoms with Crippen LogP contribution in [0.3, 0.4) is 0 Å². The molecule has 150 valence electrons. The largest absolute Gasteiger partial charge is 0.484 e. The summed E-state index contributed by atoms with van der Waals surface area (Å²) in [5.74, 6) is 1.20. The molecule has 2 aromatic rings. The lowest BCUT2D eigenvalue weighted by Gasteiger charge is -2.37. The minimum absolute atomic E-state index is 0.0336. The van der Waals surface area contributed by atoms with Gasteiger partial charge in [0.15, 0.2) is 6.61 Å². The van der Waals surface area contributed by atoms with Crippen molar-refractivity contribution in [2.75, 3.05) is 20.7 Å². The second-order valence-corrected chi connectivity index (χ2v) is 8.18. The summed E-state index contributed by atoms with van der Waals surface area (Å²) in [5, 5.41) is 3.78. The number of hydrogen-bond acceptors (Lipinski definition) is 3. The highest BCUT2D eigenvalue weighted by Crippen LogP contribution is 2.37. The van der Waals surface area contributed by atoms with Gasteiger partial charge in [0.25, 0.3) is 5.91 Å². The highest BCUT2D eigenvalue weighted by atomic mass is 35.5. The quantitative estimate of drug-likeness (QED) is 0.732. The van der Waals surface area contributed by atoms with Gasteiger partial charge in [0.1, 0.15) is 5.75 Å². The van der Waals surface area contributed by atoms with E-state index in [-0.39, 0.29) is 18.6 Å². The van der Waals surface area contributed by atoms with Gasteiger partial charge >= 0.3 is 0 Å². The van der Waals surface area contributed by atoms with Crippen molar-refractivity contribution in [3.8, 4) is 5.75 Å². The van der Waals surface area contributed by atoms with E-state index in [4.69, 9.17) is 16.3 Å². The number of carbonyl (C=O) groups excluding carboxylic acids is 1. The van der Waals surface area contributed by atoms with E-state index in [9.17, 15) is 4.79 Å². The molecule has 28 heavy (non-hydrogen) atoms. The van der Waals surface area contributed by atoms with Crippen molar-refractivity contribution >= 4 is 17.5 Å². The minimum Gasteiger partial charge on any atom is -0.484 e. The highest BCUT2D eigenvalue weighted by Gasteiger charge is 2.30. The molecule has 0 aromatic heterocycles. The van der Waals surface area contributed by atoms with Crippen molar-refractivity contribution in [1.82, 2.24) is 10.2 Å². The fraction of sp³-hybridized carbons (Fsp3) is 0.435. The maximum Gasteiger partial charge on any atom is 0.258 e. The zero-order valence-electron chi connectivity index (χ0n) is 16.6. The third-order valence-corrected chi connectivity index (χ3v) is 5.72. The molecule has 1 saturated carbocycles. The summed E-state index contributed by atoms with van der Waals surface area (Å²) in [6.45, 7) is 0.0336. The molecule has 1 unspecified atom stereocenters. The molecule has 2 aromatic carbocycles. The predicted octanol–water partition coefficient (Wildman–Crippen LogP) is 4.70. The lowest BCUT2D eigenvalue weighted by molar-refractivity contribution is -0.124. The van der Waals surface area contributed by atoms with Crippen LogP contribution < -0.4 is 10.1 Å². The Morgan fingerprint density at radius 1 is 1.07 bits per heavy atom. The van der Waals surface area contributed by atoms with Crippen LogP contribution in [-0.2, 0) is 4.79 Å². The van der Waals surface area contributed by atoms with Crippen LogP contribution in [0.15, 0.2) is 54.6 Å². The van der Waals surface area contributed by atoms with Crippen LogP contribution in [0.25, 0.3) is 0 Å². The van der Waals surface area contributed by atoms with Crippen molar-refractivity contribution in [3.05, 3.63) is 65.2 Å². The minimum atomic E-state index is -0.0642. The SMILES string of the molecule is CN(C)C(c1ccccc1)C1CCC(NC(=O)COc2ccc(Cl)cc2)CC1. The fourth-order valence-corrected chi connectivity index (χ4v) is 4.30. The van der Waals surface area contributed by atoms with Crippen LogP contribution in [0.1, 0.15) is 37.3 Å². The van der Waals surface area contributed by atoms with E-state index in [0.29, 0.717) is 22.7 Å². The molecular weight excluding hydrogens is 372 g/mol. The maximum absolute atomic E-state index is 12.2. The maximum atomic E-state index is 12.2. The second kappa shape index (κ2) is 9.94. The Kier molecular flexibility index (Phi) is 7.35. The van der Waals surface area contributed by atoms with Crippen molar-refractivity contribution < 1.29 is 9.53 Å². The molecule has 1 aliphatic rings. The van der Waals surface area contributed by atoms with Gasteiger partial charge in [-0.15, -0.1) is 0 Å². The van der Waals surface area contributed by atoms with Gasteiger partial charge in [-0.3, -0.25) is 4.79 Å². The number of nitrogens with one attached hydrogen (secondary N) is 1. The third kappa shape index (κ3) is 5.73. The van der Waals surface area contributed by atoms with E-state index < -0.39 is 0 Å². The number of ether oxygens (including phenoxy) is 1. The van der Waals surface area contributed by atoms with Crippen LogP contribution in [-0.4, -0.2) is 37.6 Å². The van der Waals surface area contributed by atoms with Gasteiger partial charge in [0.05, 0.1) is 0 Å². The normalized spacial score (nSPS) is 20.6. The Balaban J connectivity index is 1.46. The van der Waals surface area contributed by atoms with E-state index in [1.54, 1.807) is 24.3 Å². The molecule has 3 rings (SSSR count). The summed E-state index contributed by atoms with van der Waals surface area (Å²) < 4.78 is 5.54. The third-order valence-electron chi connectivity index (χ3n) is 5.46. The van der Waals surface area contributed by atoms with E-state index in [0.717, 1.165) is 25.7 Å². The first-order valence-corrected chi connectivity index (χ1v) is 10.3. The molecule has 0 saturated heterocycles. The van der Waals surface area contributed by atoms with Crippen LogP contribution in [0.4, 0.5) is 0 Å². The lowest BCUT2D eigenvalue weighted by Crippen LogP contribution is -2.41. The van der Waals surface area contributed by atoms with Gasteiger partial charge in [-0.2, -0.15) is 0 Å². The number of amides is 1. The van der Waals surface area contributed by atoms with E-state index >= 15 is 0 Å². The molecule has 1 fully saturated rings. The zero-order valence-corrected chi connectivity index (χ0v) is 17.4. The Morgan fingerprint density at radius 2 is 1.71 bits per heavy atom. The number of hydrogen-bond donors (Lipinski definition) is 1. The number of nitrogens with zero attached hydrogens (tertiary/aromatic N) is 1. The lowest BCUT2D eigenvalue weighted by atomic mass is 9.78. The average Bonchev–Trinajstić information content (AvgIpc) is 2.70. The van der Waals surface area contributed by atoms with Gasteiger partial charge in [0, 0.05) is 17.1 Å². The molecule has 0 heterocycles. The first kappa shape index (κ1) is 20.7. The summed E-state index contributed by atoms with van der Waals surface area (Å²) >= 11 is 5.86. The Hall–Kier alpha value is -2.04. The summed E-state index contributed by atoms with van der Waals surface area (Å²) in [6.07, 6.45) is 4.24. The van der Waals surface area contributed by atoms with Gasteiger partial charge in [-0.1, -0.05) is 41.9 Å². The van der Waals surface area contributed by atoms with E-state index in [1.165, 1.54) is 5.56 Å². The van der Waals surface area contributed by atoms with E-state index in [2.05, 4.69) is 54.6 Å². The molecule has 0 spiro atoms. The Bertz CT molecular complexity index is 741. The van der Waals surface area contributed by atoms with Crippen molar-refractivity contribution in [1.29, 1.82) is 0 Å². The first-order chi connectivity index (χ1) is 13.5. The number of halogens is 1. The Labute approximate surface area is 172 Å². The van der Waals surface area contributed by atoms with Gasteiger partial charge in [0.2, 0.25) is 0 Å². The molecule has 1 amide bonds. The number of benzene rings is 2. The van der Waals surface area contributed by atoms with E-state index in [1.807, 2.05) is 0 Å².